The number of fused-ring (bicyclic) bond motifs is 6. The van der Waals surface area contributed by atoms with Gasteiger partial charge in [0.1, 0.15) is 0 Å². The Balaban J connectivity index is 1.05. The van der Waals surface area contributed by atoms with Crippen molar-refractivity contribution in [2.24, 2.45) is 0 Å². The summed E-state index contributed by atoms with van der Waals surface area (Å²) in [6, 6.07) is 63.5. The largest absolute Gasteiger partial charge is 0.309 e. The van der Waals surface area contributed by atoms with Crippen molar-refractivity contribution < 1.29 is 0 Å². The molecule has 0 N–H and O–H groups in total. The molecule has 0 aliphatic rings. The number of nitrogens with zero attached hydrogens (tertiary/aromatic N) is 2. The summed E-state index contributed by atoms with van der Waals surface area (Å²) in [5, 5.41) is 5.18. The minimum atomic E-state index is -0.0665. The molecule has 0 aliphatic heterocycles. The lowest BCUT2D eigenvalue weighted by molar-refractivity contribution is 0.469. The van der Waals surface area contributed by atoms with Crippen LogP contribution in [0.4, 0.5) is 0 Å². The lowest BCUT2D eigenvalue weighted by atomic mass is 9.67. The first-order valence-electron chi connectivity index (χ1n) is 19.9. The van der Waals surface area contributed by atoms with Crippen molar-refractivity contribution in [2.45, 2.75) is 64.2 Å². The average Bonchev–Trinajstić information content (AvgIpc) is 3.76. The maximum absolute atomic E-state index is 2.43. The normalized spacial score (nSPS) is 12.4. The fraction of sp³-hybridized carbons (Fsp3) is 0.192. The van der Waals surface area contributed by atoms with E-state index in [0.29, 0.717) is 0 Å². The number of rotatable bonds is 10. The van der Waals surface area contributed by atoms with Crippen LogP contribution < -0.4 is 0 Å². The molecule has 0 unspecified atom stereocenters. The van der Waals surface area contributed by atoms with E-state index in [4.69, 9.17) is 0 Å². The molecule has 266 valence electrons. The lowest BCUT2D eigenvalue weighted by Gasteiger charge is -2.36. The Bertz CT molecular complexity index is 2430. The Kier molecular flexibility index (Phi) is 8.50. The van der Waals surface area contributed by atoms with Gasteiger partial charge in [-0.3, -0.25) is 0 Å². The van der Waals surface area contributed by atoms with E-state index in [0.717, 1.165) is 25.7 Å². The van der Waals surface area contributed by atoms with E-state index >= 15 is 0 Å². The first kappa shape index (κ1) is 33.9. The van der Waals surface area contributed by atoms with Crippen LogP contribution in [0.5, 0.6) is 0 Å². The van der Waals surface area contributed by atoms with Crippen LogP contribution in [0, 0.1) is 0 Å². The minimum Gasteiger partial charge on any atom is -0.309 e. The van der Waals surface area contributed by atoms with Crippen molar-refractivity contribution in [3.05, 3.63) is 192 Å². The van der Waals surface area contributed by atoms with Crippen LogP contribution in [-0.2, 0) is 10.8 Å². The van der Waals surface area contributed by atoms with Gasteiger partial charge in [0.25, 0.3) is 0 Å². The van der Waals surface area contributed by atoms with E-state index < -0.39 is 0 Å². The number of benzene rings is 7. The van der Waals surface area contributed by atoms with Crippen molar-refractivity contribution in [2.75, 3.05) is 0 Å². The molecule has 54 heavy (non-hydrogen) atoms. The Morgan fingerprint density at radius 1 is 0.296 bits per heavy atom. The van der Waals surface area contributed by atoms with Gasteiger partial charge >= 0.3 is 0 Å². The monoisotopic (exact) mass is 700 g/mol. The van der Waals surface area contributed by atoms with Crippen LogP contribution in [0.1, 0.15) is 75.6 Å². The molecular formula is C52H48N2. The van der Waals surface area contributed by atoms with Gasteiger partial charge in [0, 0.05) is 43.7 Å². The Hall–Kier alpha value is -5.86. The predicted molar refractivity (Wildman–Crippen MR) is 231 cm³/mol. The van der Waals surface area contributed by atoms with Crippen LogP contribution in [0.25, 0.3) is 55.0 Å². The van der Waals surface area contributed by atoms with Crippen LogP contribution in [0.15, 0.2) is 170 Å². The second-order valence-electron chi connectivity index (χ2n) is 15.0. The van der Waals surface area contributed by atoms with Crippen molar-refractivity contribution in [1.82, 2.24) is 9.13 Å². The van der Waals surface area contributed by atoms with E-state index in [1.165, 1.54) is 77.2 Å². The van der Waals surface area contributed by atoms with Gasteiger partial charge in [0.05, 0.1) is 22.1 Å². The molecule has 2 heteroatoms. The summed E-state index contributed by atoms with van der Waals surface area (Å²) in [5.74, 6) is 0. The Morgan fingerprint density at radius 2 is 0.519 bits per heavy atom. The molecule has 0 saturated heterocycles. The van der Waals surface area contributed by atoms with Crippen LogP contribution in [-0.4, -0.2) is 9.13 Å². The van der Waals surface area contributed by atoms with E-state index in [2.05, 4.69) is 207 Å². The van der Waals surface area contributed by atoms with Gasteiger partial charge in [-0.1, -0.05) is 149 Å². The van der Waals surface area contributed by atoms with Gasteiger partial charge in [0.15, 0.2) is 0 Å². The second kappa shape index (κ2) is 13.5. The highest BCUT2D eigenvalue weighted by atomic mass is 15.0. The molecule has 0 spiro atoms. The molecular weight excluding hydrogens is 653 g/mol. The standard InChI is InChI=1S/C52H48N2/c1-5-51(6-2,39-29-33-41(34-30-39)53-47-21-13-9-17-43(47)44-18-10-14-22-48(44)53)37-25-27-38(28-26-37)52(7-3,8-4)40-31-35-42(36-32-40)54-49-23-15-11-19-45(49)46-20-12-16-24-50(46)54/h9-36H,5-8H2,1-4H3. The highest BCUT2D eigenvalue weighted by molar-refractivity contribution is 6.10. The van der Waals surface area contributed by atoms with Crippen LogP contribution in [0.3, 0.4) is 0 Å². The smallest absolute Gasteiger partial charge is 0.0541 e. The molecule has 0 atom stereocenters. The maximum atomic E-state index is 2.43. The molecule has 0 bridgehead atoms. The first-order valence-corrected chi connectivity index (χ1v) is 19.9. The molecule has 0 fully saturated rings. The first-order chi connectivity index (χ1) is 26.6. The quantitative estimate of drug-likeness (QED) is 0.134. The molecule has 9 aromatic rings. The minimum absolute atomic E-state index is 0.0665. The van der Waals surface area contributed by atoms with Crippen molar-refractivity contribution in [3.63, 3.8) is 0 Å². The predicted octanol–water partition coefficient (Wildman–Crippen LogP) is 14.1. The topological polar surface area (TPSA) is 9.86 Å². The van der Waals surface area contributed by atoms with Crippen LogP contribution in [0.2, 0.25) is 0 Å². The number of hydrogen-bond donors (Lipinski definition) is 0. The summed E-state index contributed by atoms with van der Waals surface area (Å²) in [6.07, 6.45) is 4.14. The Morgan fingerprint density at radius 3 is 0.759 bits per heavy atom. The summed E-state index contributed by atoms with van der Waals surface area (Å²) in [5.41, 5.74) is 12.8. The zero-order valence-corrected chi connectivity index (χ0v) is 31.9. The highest BCUT2D eigenvalue weighted by Crippen LogP contribution is 2.44. The van der Waals surface area contributed by atoms with Crippen molar-refractivity contribution in [3.8, 4) is 11.4 Å². The van der Waals surface area contributed by atoms with Crippen LogP contribution >= 0.6 is 0 Å². The average molecular weight is 701 g/mol. The molecule has 0 aliphatic carbocycles. The summed E-state index contributed by atoms with van der Waals surface area (Å²) in [6.45, 7) is 9.39. The number of para-hydroxylation sites is 4. The summed E-state index contributed by atoms with van der Waals surface area (Å²) in [4.78, 5) is 0. The van der Waals surface area contributed by atoms with Gasteiger partial charge in [-0.05, 0) is 96.5 Å². The lowest BCUT2D eigenvalue weighted by Crippen LogP contribution is -2.28. The molecule has 9 rings (SSSR count). The summed E-state index contributed by atoms with van der Waals surface area (Å²) >= 11 is 0. The van der Waals surface area contributed by atoms with Gasteiger partial charge in [0.2, 0.25) is 0 Å². The van der Waals surface area contributed by atoms with Gasteiger partial charge < -0.3 is 9.13 Å². The molecule has 2 aromatic heterocycles. The molecule has 0 saturated carbocycles. The van der Waals surface area contributed by atoms with E-state index in [-0.39, 0.29) is 10.8 Å². The zero-order valence-electron chi connectivity index (χ0n) is 31.9. The molecule has 0 amide bonds. The van der Waals surface area contributed by atoms with Crippen molar-refractivity contribution in [1.29, 1.82) is 0 Å². The fourth-order valence-electron chi connectivity index (χ4n) is 9.84. The molecule has 2 heterocycles. The van der Waals surface area contributed by atoms with Gasteiger partial charge in [-0.2, -0.15) is 0 Å². The van der Waals surface area contributed by atoms with E-state index in [9.17, 15) is 0 Å². The third-order valence-electron chi connectivity index (χ3n) is 12.9. The number of hydrogen-bond acceptors (Lipinski definition) is 0. The van der Waals surface area contributed by atoms with E-state index in [1.807, 2.05) is 0 Å². The molecule has 0 radical (unpaired) electrons. The zero-order chi connectivity index (χ0) is 36.9. The molecule has 2 nitrogen and oxygen atoms in total. The second-order valence-corrected chi connectivity index (χ2v) is 15.0. The third-order valence-corrected chi connectivity index (χ3v) is 12.9. The Labute approximate surface area is 319 Å². The highest BCUT2D eigenvalue weighted by Gasteiger charge is 2.34. The SMILES string of the molecule is CCC(CC)(c1ccc(-n2c3ccccc3c3ccccc32)cc1)c1ccc(C(CC)(CC)c2ccc(-n3c4ccccc4c4ccccc43)cc2)cc1. The fourth-order valence-corrected chi connectivity index (χ4v) is 9.84. The van der Waals surface area contributed by atoms with Crippen molar-refractivity contribution >= 4 is 43.6 Å². The summed E-state index contributed by atoms with van der Waals surface area (Å²) < 4.78 is 4.82. The molecule has 7 aromatic carbocycles. The van der Waals surface area contributed by atoms with Gasteiger partial charge in [-0.15, -0.1) is 0 Å². The third kappa shape index (κ3) is 5.07. The van der Waals surface area contributed by atoms with Gasteiger partial charge in [-0.25, -0.2) is 0 Å². The number of aromatic nitrogens is 2. The van der Waals surface area contributed by atoms with E-state index in [1.54, 1.807) is 0 Å². The summed E-state index contributed by atoms with van der Waals surface area (Å²) in [7, 11) is 0. The maximum Gasteiger partial charge on any atom is 0.0541 e.